The highest BCUT2D eigenvalue weighted by Crippen LogP contribution is 2.34. The van der Waals surface area contributed by atoms with Crippen molar-refractivity contribution in [3.05, 3.63) is 61.0 Å². The van der Waals surface area contributed by atoms with Crippen LogP contribution in [0, 0.1) is 0 Å². The second-order valence-electron chi connectivity index (χ2n) is 7.22. The van der Waals surface area contributed by atoms with E-state index in [1.807, 2.05) is 24.7 Å². The van der Waals surface area contributed by atoms with Gasteiger partial charge in [0.15, 0.2) is 5.65 Å². The van der Waals surface area contributed by atoms with Crippen molar-refractivity contribution in [3.63, 3.8) is 0 Å². The van der Waals surface area contributed by atoms with E-state index in [1.165, 1.54) is 5.57 Å². The van der Waals surface area contributed by atoms with Gasteiger partial charge in [-0.25, -0.2) is 4.98 Å². The normalized spacial score (nSPS) is 14.6. The summed E-state index contributed by atoms with van der Waals surface area (Å²) in [6.45, 7) is 1.89. The summed E-state index contributed by atoms with van der Waals surface area (Å²) in [4.78, 5) is 12.4. The first kappa shape index (κ1) is 16.3. The molecule has 0 unspecified atom stereocenters. The SMILES string of the molecule is C1=C(c2cnc3[nH]nc(-c4cc5c(-c6ccoc6)cncc5[nH]4)c3c2)CCNC1. The van der Waals surface area contributed by atoms with Crippen LogP contribution in [0.15, 0.2) is 59.8 Å². The maximum atomic E-state index is 5.25. The molecule has 1 aliphatic heterocycles. The predicted octanol–water partition coefficient (Wildman–Crippen LogP) is 4.14. The molecule has 1 aliphatic rings. The topological polar surface area (TPSA) is 95.4 Å². The first-order valence-electron chi connectivity index (χ1n) is 9.61. The molecule has 0 bridgehead atoms. The van der Waals surface area contributed by atoms with Gasteiger partial charge in [-0.3, -0.25) is 10.1 Å². The molecule has 0 atom stereocenters. The second kappa shape index (κ2) is 6.42. The lowest BCUT2D eigenvalue weighted by atomic mass is 10.0. The fourth-order valence-electron chi connectivity index (χ4n) is 4.00. The molecule has 6 heterocycles. The Labute approximate surface area is 165 Å². The van der Waals surface area contributed by atoms with Gasteiger partial charge in [-0.15, -0.1) is 0 Å². The predicted molar refractivity (Wildman–Crippen MR) is 112 cm³/mol. The van der Waals surface area contributed by atoms with Gasteiger partial charge in [0, 0.05) is 40.8 Å². The van der Waals surface area contributed by atoms with Crippen molar-refractivity contribution in [2.45, 2.75) is 6.42 Å². The van der Waals surface area contributed by atoms with E-state index in [9.17, 15) is 0 Å². The monoisotopic (exact) mass is 382 g/mol. The molecular weight excluding hydrogens is 364 g/mol. The molecule has 142 valence electrons. The number of nitrogens with one attached hydrogen (secondary N) is 3. The first-order valence-corrected chi connectivity index (χ1v) is 9.61. The van der Waals surface area contributed by atoms with E-state index in [0.717, 1.165) is 69.5 Å². The molecule has 0 saturated carbocycles. The lowest BCUT2D eigenvalue weighted by Crippen LogP contribution is -2.20. The molecule has 5 aromatic heterocycles. The summed E-state index contributed by atoms with van der Waals surface area (Å²) in [7, 11) is 0. The van der Waals surface area contributed by atoms with Gasteiger partial charge >= 0.3 is 0 Å². The molecule has 0 amide bonds. The van der Waals surface area contributed by atoms with E-state index in [1.54, 1.807) is 12.5 Å². The maximum Gasteiger partial charge on any atom is 0.155 e. The summed E-state index contributed by atoms with van der Waals surface area (Å²) in [6, 6.07) is 6.24. The third kappa shape index (κ3) is 2.67. The second-order valence-corrected chi connectivity index (χ2v) is 7.22. The quantitative estimate of drug-likeness (QED) is 0.436. The van der Waals surface area contributed by atoms with E-state index in [2.05, 4.69) is 48.7 Å². The minimum atomic E-state index is 0.783. The Morgan fingerprint density at radius 3 is 2.90 bits per heavy atom. The van der Waals surface area contributed by atoms with Crippen molar-refractivity contribution < 1.29 is 4.42 Å². The summed E-state index contributed by atoms with van der Waals surface area (Å²) in [5, 5.41) is 13.0. The van der Waals surface area contributed by atoms with Crippen LogP contribution in [0.2, 0.25) is 0 Å². The Morgan fingerprint density at radius 1 is 1.03 bits per heavy atom. The highest BCUT2D eigenvalue weighted by Gasteiger charge is 2.16. The average molecular weight is 382 g/mol. The number of aromatic amines is 2. The molecule has 0 aromatic carbocycles. The number of aromatic nitrogens is 5. The standard InChI is InChI=1S/C22H18N6O/c1-4-23-5-2-13(1)15-7-17-21(27-28-22(17)25-9-15)19-8-16-18(14-3-6-29-12-14)10-24-11-20(16)26-19/h1,3,6-12,23,26H,2,4-5H2,(H,25,27,28). The largest absolute Gasteiger partial charge is 0.472 e. The molecule has 5 aromatic rings. The number of H-pyrrole nitrogens is 2. The molecule has 0 radical (unpaired) electrons. The number of rotatable bonds is 3. The highest BCUT2D eigenvalue weighted by molar-refractivity contribution is 6.00. The molecule has 7 nitrogen and oxygen atoms in total. The number of hydrogen-bond donors (Lipinski definition) is 3. The van der Waals surface area contributed by atoms with E-state index < -0.39 is 0 Å². The number of nitrogens with zero attached hydrogens (tertiary/aromatic N) is 3. The van der Waals surface area contributed by atoms with Crippen LogP contribution >= 0.6 is 0 Å². The minimum absolute atomic E-state index is 0.783. The minimum Gasteiger partial charge on any atom is -0.472 e. The zero-order chi connectivity index (χ0) is 19.2. The molecule has 0 fully saturated rings. The zero-order valence-electron chi connectivity index (χ0n) is 15.6. The third-order valence-corrected chi connectivity index (χ3v) is 5.48. The van der Waals surface area contributed by atoms with Crippen molar-refractivity contribution in [1.82, 2.24) is 30.5 Å². The Balaban J connectivity index is 1.50. The number of hydrogen-bond acceptors (Lipinski definition) is 5. The molecule has 0 aliphatic carbocycles. The highest BCUT2D eigenvalue weighted by atomic mass is 16.3. The van der Waals surface area contributed by atoms with Crippen LogP contribution in [0.3, 0.4) is 0 Å². The van der Waals surface area contributed by atoms with Crippen molar-refractivity contribution in [3.8, 4) is 22.5 Å². The van der Waals surface area contributed by atoms with Crippen LogP contribution in [0.5, 0.6) is 0 Å². The molecule has 3 N–H and O–H groups in total. The van der Waals surface area contributed by atoms with Gasteiger partial charge in [0.1, 0.15) is 5.69 Å². The average Bonchev–Trinajstić information content (AvgIpc) is 3.52. The molecule has 6 rings (SSSR count). The van der Waals surface area contributed by atoms with Gasteiger partial charge in [-0.1, -0.05) is 6.08 Å². The van der Waals surface area contributed by atoms with Crippen LogP contribution in [-0.4, -0.2) is 38.2 Å². The van der Waals surface area contributed by atoms with Crippen molar-refractivity contribution in [2.75, 3.05) is 13.1 Å². The van der Waals surface area contributed by atoms with Crippen LogP contribution in [0.4, 0.5) is 0 Å². The van der Waals surface area contributed by atoms with Crippen LogP contribution < -0.4 is 5.32 Å². The van der Waals surface area contributed by atoms with Gasteiger partial charge in [-0.05, 0) is 42.3 Å². The van der Waals surface area contributed by atoms with E-state index >= 15 is 0 Å². The van der Waals surface area contributed by atoms with Gasteiger partial charge in [0.2, 0.25) is 0 Å². The number of pyridine rings is 2. The maximum absolute atomic E-state index is 5.25. The van der Waals surface area contributed by atoms with Crippen LogP contribution in [0.1, 0.15) is 12.0 Å². The molecule has 7 heteroatoms. The summed E-state index contributed by atoms with van der Waals surface area (Å²) < 4.78 is 5.25. The van der Waals surface area contributed by atoms with Crippen molar-refractivity contribution in [1.29, 1.82) is 0 Å². The number of fused-ring (bicyclic) bond motifs is 2. The smallest absolute Gasteiger partial charge is 0.155 e. The summed E-state index contributed by atoms with van der Waals surface area (Å²) in [5.41, 5.74) is 8.04. The van der Waals surface area contributed by atoms with E-state index in [4.69, 9.17) is 4.42 Å². The summed E-state index contributed by atoms with van der Waals surface area (Å²) >= 11 is 0. The zero-order valence-corrected chi connectivity index (χ0v) is 15.6. The van der Waals surface area contributed by atoms with Gasteiger partial charge in [0.05, 0.1) is 29.9 Å². The number of furan rings is 1. The van der Waals surface area contributed by atoms with Crippen molar-refractivity contribution in [2.24, 2.45) is 0 Å². The van der Waals surface area contributed by atoms with E-state index in [0.29, 0.717) is 0 Å². The van der Waals surface area contributed by atoms with Gasteiger partial charge in [-0.2, -0.15) is 5.10 Å². The Bertz CT molecular complexity index is 1360. The lowest BCUT2D eigenvalue weighted by Gasteiger charge is -2.13. The Hall–Kier alpha value is -3.71. The van der Waals surface area contributed by atoms with Gasteiger partial charge < -0.3 is 14.7 Å². The van der Waals surface area contributed by atoms with E-state index in [-0.39, 0.29) is 0 Å². The molecular formula is C22H18N6O. The van der Waals surface area contributed by atoms with Crippen LogP contribution in [-0.2, 0) is 0 Å². The summed E-state index contributed by atoms with van der Waals surface area (Å²) in [5.74, 6) is 0. The molecule has 0 saturated heterocycles. The fourth-order valence-corrected chi connectivity index (χ4v) is 4.00. The fraction of sp³-hybridized carbons (Fsp3) is 0.136. The molecule has 0 spiro atoms. The lowest BCUT2D eigenvalue weighted by molar-refractivity contribution is 0.568. The third-order valence-electron chi connectivity index (χ3n) is 5.48. The van der Waals surface area contributed by atoms with Gasteiger partial charge in [0.25, 0.3) is 0 Å². The Morgan fingerprint density at radius 2 is 2.03 bits per heavy atom. The van der Waals surface area contributed by atoms with Crippen LogP contribution in [0.25, 0.3) is 50.0 Å². The Kier molecular flexibility index (Phi) is 3.60. The summed E-state index contributed by atoms with van der Waals surface area (Å²) in [6.07, 6.45) is 12.3. The van der Waals surface area contributed by atoms with Crippen molar-refractivity contribution >= 4 is 27.5 Å². The first-order chi connectivity index (χ1) is 14.4. The molecule has 29 heavy (non-hydrogen) atoms.